The third-order valence-corrected chi connectivity index (χ3v) is 2.63. The van der Waals surface area contributed by atoms with Crippen molar-refractivity contribution in [2.75, 3.05) is 0 Å². The number of rotatable bonds is 1. The molecule has 0 saturated heterocycles. The molecule has 0 fully saturated rings. The number of hydrogen-bond acceptors (Lipinski definition) is 2. The summed E-state index contributed by atoms with van der Waals surface area (Å²) in [6.07, 6.45) is 2.07. The molecule has 0 bridgehead atoms. The quantitative estimate of drug-likeness (QED) is 0.750. The third kappa shape index (κ3) is 1.36. The summed E-state index contributed by atoms with van der Waals surface area (Å²) in [4.78, 5) is 4.23. The molecule has 4 heteroatoms. The van der Waals surface area contributed by atoms with Gasteiger partial charge in [-0.3, -0.25) is 0 Å². The van der Waals surface area contributed by atoms with Crippen LogP contribution in [0.25, 0.3) is 0 Å². The predicted octanol–water partition coefficient (Wildman–Crippen LogP) is 1.71. The summed E-state index contributed by atoms with van der Waals surface area (Å²) in [5, 5.41) is 10.3. The van der Waals surface area contributed by atoms with Gasteiger partial charge in [0.15, 0.2) is 5.15 Å². The lowest BCUT2D eigenvalue weighted by atomic mass is 10.1. The first-order valence-corrected chi connectivity index (χ1v) is 4.85. The zero-order valence-corrected chi connectivity index (χ0v) is 8.60. The summed E-state index contributed by atoms with van der Waals surface area (Å²) in [5.41, 5.74) is -0.145. The topological polar surface area (TPSA) is 38.1 Å². The van der Waals surface area contributed by atoms with Crippen LogP contribution in [0.3, 0.4) is 0 Å². The number of aryl methyl sites for hydroxylation is 1. The van der Waals surface area contributed by atoms with Crippen molar-refractivity contribution < 1.29 is 5.11 Å². The average Bonchev–Trinajstić information content (AvgIpc) is 2.41. The lowest BCUT2D eigenvalue weighted by molar-refractivity contribution is 0.0701. The molecule has 1 aromatic rings. The predicted molar refractivity (Wildman–Crippen MR) is 50.8 cm³/mol. The molecule has 0 aromatic carbocycles. The molecule has 3 nitrogen and oxygen atoms in total. The fraction of sp³-hybridized carbons (Fsp3) is 0.667. The number of aromatic nitrogens is 2. The van der Waals surface area contributed by atoms with E-state index in [1.165, 1.54) is 0 Å². The molecule has 2 heterocycles. The number of aliphatic hydroxyl groups is 1. The van der Waals surface area contributed by atoms with Crippen LogP contribution in [0, 0.1) is 0 Å². The number of hydrogen-bond donors (Lipinski definition) is 1. The number of halogens is 1. The first-order valence-electron chi connectivity index (χ1n) is 4.48. The first kappa shape index (κ1) is 9.03. The molecule has 0 spiro atoms. The smallest absolute Gasteiger partial charge is 0.153 e. The van der Waals surface area contributed by atoms with Crippen molar-refractivity contribution in [1.82, 2.24) is 9.55 Å². The molecule has 1 N–H and O–H groups in total. The highest BCUT2D eigenvalue weighted by atomic mass is 35.5. The van der Waals surface area contributed by atoms with E-state index in [0.29, 0.717) is 5.15 Å². The minimum absolute atomic E-state index is 0.446. The van der Waals surface area contributed by atoms with Gasteiger partial charge in [-0.2, -0.15) is 0 Å². The molecule has 0 saturated carbocycles. The second-order valence-electron chi connectivity index (χ2n) is 3.98. The molecule has 1 aliphatic heterocycles. The lowest BCUT2D eigenvalue weighted by Crippen LogP contribution is -2.20. The number of nitrogens with zero attached hydrogens (tertiary/aromatic N) is 2. The largest absolute Gasteiger partial charge is 0.384 e. The maximum atomic E-state index is 9.88. The SMILES string of the molecule is CC(C)(O)c1c(Cl)nc2n1CCC2. The Kier molecular flexibility index (Phi) is 1.89. The third-order valence-electron chi connectivity index (χ3n) is 2.37. The molecule has 1 aromatic heterocycles. The van der Waals surface area contributed by atoms with Crippen LogP contribution in [0.15, 0.2) is 0 Å². The van der Waals surface area contributed by atoms with Gasteiger partial charge in [0.05, 0.1) is 5.69 Å². The van der Waals surface area contributed by atoms with Gasteiger partial charge in [-0.15, -0.1) is 0 Å². The average molecular weight is 201 g/mol. The van der Waals surface area contributed by atoms with E-state index in [0.717, 1.165) is 30.9 Å². The normalized spacial score (nSPS) is 16.3. The Bertz CT molecular complexity index is 338. The fourth-order valence-corrected chi connectivity index (χ4v) is 2.31. The maximum absolute atomic E-state index is 9.88. The zero-order valence-electron chi connectivity index (χ0n) is 7.84. The Morgan fingerprint density at radius 3 is 2.85 bits per heavy atom. The Morgan fingerprint density at radius 2 is 2.23 bits per heavy atom. The van der Waals surface area contributed by atoms with Crippen molar-refractivity contribution in [3.63, 3.8) is 0 Å². The van der Waals surface area contributed by atoms with Gasteiger partial charge in [0, 0.05) is 13.0 Å². The number of imidazole rings is 1. The second-order valence-corrected chi connectivity index (χ2v) is 4.34. The van der Waals surface area contributed by atoms with Crippen LogP contribution in [0.4, 0.5) is 0 Å². The van der Waals surface area contributed by atoms with Crippen molar-refractivity contribution in [2.24, 2.45) is 0 Å². The highest BCUT2D eigenvalue weighted by Crippen LogP contribution is 2.31. The Labute approximate surface area is 82.4 Å². The van der Waals surface area contributed by atoms with Gasteiger partial charge in [0.2, 0.25) is 0 Å². The Hall–Kier alpha value is -0.540. The molecule has 1 aliphatic rings. The summed E-state index contributed by atoms with van der Waals surface area (Å²) in [5.74, 6) is 1.00. The van der Waals surface area contributed by atoms with Gasteiger partial charge >= 0.3 is 0 Å². The van der Waals surface area contributed by atoms with E-state index in [9.17, 15) is 5.11 Å². The van der Waals surface area contributed by atoms with Gasteiger partial charge in [-0.1, -0.05) is 11.6 Å². The van der Waals surface area contributed by atoms with E-state index in [1.54, 1.807) is 13.8 Å². The van der Waals surface area contributed by atoms with Crippen LogP contribution in [0.1, 0.15) is 31.8 Å². The monoisotopic (exact) mass is 200 g/mol. The van der Waals surface area contributed by atoms with Gasteiger partial charge in [0.25, 0.3) is 0 Å². The van der Waals surface area contributed by atoms with Crippen LogP contribution in [0.2, 0.25) is 5.15 Å². The van der Waals surface area contributed by atoms with E-state index in [4.69, 9.17) is 11.6 Å². The van der Waals surface area contributed by atoms with E-state index < -0.39 is 5.60 Å². The van der Waals surface area contributed by atoms with Crippen LogP contribution >= 0.6 is 11.6 Å². The van der Waals surface area contributed by atoms with Crippen molar-refractivity contribution >= 4 is 11.6 Å². The molecule has 13 heavy (non-hydrogen) atoms. The van der Waals surface area contributed by atoms with Crippen molar-refractivity contribution in [3.05, 3.63) is 16.7 Å². The molecular weight excluding hydrogens is 188 g/mol. The molecule has 72 valence electrons. The minimum atomic E-state index is -0.896. The summed E-state index contributed by atoms with van der Waals surface area (Å²) in [7, 11) is 0. The minimum Gasteiger partial charge on any atom is -0.384 e. The first-order chi connectivity index (χ1) is 6.00. The molecule has 0 aliphatic carbocycles. The highest BCUT2D eigenvalue weighted by Gasteiger charge is 2.29. The van der Waals surface area contributed by atoms with Crippen LogP contribution in [-0.4, -0.2) is 14.7 Å². The van der Waals surface area contributed by atoms with Crippen molar-refractivity contribution in [3.8, 4) is 0 Å². The molecule has 0 atom stereocenters. The van der Waals surface area contributed by atoms with Gasteiger partial charge in [-0.25, -0.2) is 4.98 Å². The summed E-state index contributed by atoms with van der Waals surface area (Å²) >= 11 is 5.96. The Balaban J connectivity index is 2.56. The van der Waals surface area contributed by atoms with E-state index >= 15 is 0 Å². The van der Waals surface area contributed by atoms with Gasteiger partial charge in [0.1, 0.15) is 11.4 Å². The maximum Gasteiger partial charge on any atom is 0.153 e. The molecule has 0 unspecified atom stereocenters. The van der Waals surface area contributed by atoms with Crippen LogP contribution in [0.5, 0.6) is 0 Å². The molecule has 0 amide bonds. The Morgan fingerprint density at radius 1 is 1.54 bits per heavy atom. The standard InChI is InChI=1S/C9H13ClN2O/c1-9(2,13)7-8(10)11-6-4-3-5-12(6)7/h13H,3-5H2,1-2H3. The lowest BCUT2D eigenvalue weighted by Gasteiger charge is -2.19. The van der Waals surface area contributed by atoms with Gasteiger partial charge in [-0.05, 0) is 20.3 Å². The van der Waals surface area contributed by atoms with Crippen molar-refractivity contribution in [2.45, 2.75) is 38.8 Å². The van der Waals surface area contributed by atoms with Gasteiger partial charge < -0.3 is 9.67 Å². The second kappa shape index (κ2) is 2.72. The molecule has 0 radical (unpaired) electrons. The van der Waals surface area contributed by atoms with E-state index in [2.05, 4.69) is 4.98 Å². The van der Waals surface area contributed by atoms with E-state index in [1.807, 2.05) is 4.57 Å². The van der Waals surface area contributed by atoms with Crippen LogP contribution in [-0.2, 0) is 18.6 Å². The molecular formula is C9H13ClN2O. The number of fused-ring (bicyclic) bond motifs is 1. The highest BCUT2D eigenvalue weighted by molar-refractivity contribution is 6.30. The van der Waals surface area contributed by atoms with E-state index in [-0.39, 0.29) is 0 Å². The molecule has 2 rings (SSSR count). The van der Waals surface area contributed by atoms with Crippen molar-refractivity contribution in [1.29, 1.82) is 0 Å². The summed E-state index contributed by atoms with van der Waals surface area (Å²) in [6, 6.07) is 0. The fourth-order valence-electron chi connectivity index (χ4n) is 1.88. The summed E-state index contributed by atoms with van der Waals surface area (Å²) in [6.45, 7) is 4.40. The summed E-state index contributed by atoms with van der Waals surface area (Å²) < 4.78 is 2.03. The van der Waals surface area contributed by atoms with Crippen LogP contribution < -0.4 is 0 Å². The zero-order chi connectivity index (χ0) is 9.64.